The number of fused-ring (bicyclic) bond motifs is 1. The molecule has 0 saturated carbocycles. The molecule has 134 valence electrons. The Morgan fingerprint density at radius 3 is 2.81 bits per heavy atom. The van der Waals surface area contributed by atoms with Crippen LogP contribution in [-0.2, 0) is 0 Å². The van der Waals surface area contributed by atoms with Crippen molar-refractivity contribution < 1.29 is 9.13 Å². The number of hydrogen-bond donors (Lipinski definition) is 1. The molecule has 0 aliphatic heterocycles. The van der Waals surface area contributed by atoms with E-state index in [0.29, 0.717) is 22.9 Å². The number of nitrogens with zero attached hydrogens (tertiary/aromatic N) is 1. The molecule has 0 aliphatic carbocycles. The van der Waals surface area contributed by atoms with Crippen LogP contribution in [0.1, 0.15) is 24.2 Å². The molecule has 0 amide bonds. The van der Waals surface area contributed by atoms with Crippen molar-refractivity contribution in [2.24, 2.45) is 5.73 Å². The molecule has 0 radical (unpaired) electrons. The molecule has 0 spiro atoms. The molecule has 3 aromatic rings. The van der Waals surface area contributed by atoms with Crippen LogP contribution >= 0.6 is 23.2 Å². The number of aromatic nitrogens is 1. The van der Waals surface area contributed by atoms with Gasteiger partial charge in [-0.15, -0.1) is 0 Å². The van der Waals surface area contributed by atoms with Gasteiger partial charge in [0.15, 0.2) is 0 Å². The Balaban J connectivity index is 1.91. The van der Waals surface area contributed by atoms with Crippen molar-refractivity contribution in [3.8, 4) is 5.75 Å². The van der Waals surface area contributed by atoms with Gasteiger partial charge in [0, 0.05) is 28.7 Å². The van der Waals surface area contributed by atoms with Gasteiger partial charge in [0.25, 0.3) is 0 Å². The Hall–Kier alpha value is -2.14. The Labute approximate surface area is 161 Å². The summed E-state index contributed by atoms with van der Waals surface area (Å²) in [4.78, 5) is 4.41. The Bertz CT molecular complexity index is 975. The summed E-state index contributed by atoms with van der Waals surface area (Å²) in [6.07, 6.45) is 5.04. The maximum absolute atomic E-state index is 13.7. The third kappa shape index (κ3) is 3.98. The van der Waals surface area contributed by atoms with Crippen LogP contribution in [0.3, 0.4) is 0 Å². The fourth-order valence-electron chi connectivity index (χ4n) is 2.67. The van der Waals surface area contributed by atoms with Gasteiger partial charge in [0.05, 0.1) is 10.5 Å². The first-order valence-corrected chi connectivity index (χ1v) is 8.81. The van der Waals surface area contributed by atoms with Crippen molar-refractivity contribution in [2.75, 3.05) is 6.54 Å². The van der Waals surface area contributed by atoms with E-state index in [1.807, 2.05) is 36.4 Å². The number of pyridine rings is 1. The van der Waals surface area contributed by atoms with Gasteiger partial charge in [-0.3, -0.25) is 4.98 Å². The van der Waals surface area contributed by atoms with Crippen molar-refractivity contribution in [3.63, 3.8) is 0 Å². The monoisotopic (exact) mass is 390 g/mol. The summed E-state index contributed by atoms with van der Waals surface area (Å²) in [5.74, 6) is 0.0868. The molecule has 3 nitrogen and oxygen atoms in total. The van der Waals surface area contributed by atoms with Gasteiger partial charge in [-0.25, -0.2) is 4.39 Å². The van der Waals surface area contributed by atoms with E-state index in [9.17, 15) is 4.39 Å². The Morgan fingerprint density at radius 1 is 1.23 bits per heavy atom. The van der Waals surface area contributed by atoms with Gasteiger partial charge in [0.1, 0.15) is 17.7 Å². The van der Waals surface area contributed by atoms with Crippen molar-refractivity contribution in [3.05, 3.63) is 75.7 Å². The first kappa shape index (κ1) is 18.6. The molecule has 0 aliphatic rings. The fraction of sp³-hybridized carbons (Fsp3) is 0.150. The molecule has 1 atom stereocenters. The summed E-state index contributed by atoms with van der Waals surface area (Å²) in [7, 11) is 0. The van der Waals surface area contributed by atoms with Gasteiger partial charge in [-0.2, -0.15) is 0 Å². The molecule has 1 aromatic heterocycles. The lowest BCUT2D eigenvalue weighted by molar-refractivity contribution is 0.227. The first-order valence-electron chi connectivity index (χ1n) is 8.06. The number of benzene rings is 2. The molecule has 0 saturated heterocycles. The maximum atomic E-state index is 13.7. The van der Waals surface area contributed by atoms with Crippen molar-refractivity contribution in [1.29, 1.82) is 0 Å². The molecule has 1 unspecified atom stereocenters. The molecule has 0 fully saturated rings. The quantitative estimate of drug-likeness (QED) is 0.560. The second kappa shape index (κ2) is 8.04. The zero-order valence-electron chi connectivity index (χ0n) is 14.0. The molecule has 0 bridgehead atoms. The van der Waals surface area contributed by atoms with E-state index in [2.05, 4.69) is 4.98 Å². The van der Waals surface area contributed by atoms with E-state index < -0.39 is 11.9 Å². The number of halogens is 3. The van der Waals surface area contributed by atoms with E-state index in [1.165, 1.54) is 12.1 Å². The van der Waals surface area contributed by atoms with Gasteiger partial charge in [-0.05, 0) is 48.9 Å². The number of ether oxygens (including phenoxy) is 1. The molecule has 6 heteroatoms. The highest BCUT2D eigenvalue weighted by molar-refractivity contribution is 6.36. The summed E-state index contributed by atoms with van der Waals surface area (Å²) < 4.78 is 19.7. The van der Waals surface area contributed by atoms with Gasteiger partial charge < -0.3 is 10.5 Å². The van der Waals surface area contributed by atoms with Crippen LogP contribution in [0.5, 0.6) is 5.75 Å². The van der Waals surface area contributed by atoms with Crippen LogP contribution in [0.15, 0.2) is 48.7 Å². The lowest BCUT2D eigenvalue weighted by Crippen LogP contribution is -2.05. The van der Waals surface area contributed by atoms with Gasteiger partial charge >= 0.3 is 0 Å². The summed E-state index contributed by atoms with van der Waals surface area (Å²) in [5, 5.41) is 1.26. The topological polar surface area (TPSA) is 48.1 Å². The van der Waals surface area contributed by atoms with Crippen LogP contribution in [-0.4, -0.2) is 11.5 Å². The summed E-state index contributed by atoms with van der Waals surface area (Å²) in [6.45, 7) is 2.24. The first-order chi connectivity index (χ1) is 12.5. The summed E-state index contributed by atoms with van der Waals surface area (Å²) >= 11 is 12.2. The smallest absolute Gasteiger partial charge is 0.142 e. The molecule has 2 N–H and O–H groups in total. The van der Waals surface area contributed by atoms with Crippen LogP contribution in [0.25, 0.3) is 17.0 Å². The van der Waals surface area contributed by atoms with Crippen LogP contribution < -0.4 is 10.5 Å². The predicted molar refractivity (Wildman–Crippen MR) is 105 cm³/mol. The summed E-state index contributed by atoms with van der Waals surface area (Å²) in [5.41, 5.74) is 7.70. The van der Waals surface area contributed by atoms with Gasteiger partial charge in [-0.1, -0.05) is 35.4 Å². The molecular formula is C20H17Cl2FN2O. The second-order valence-electron chi connectivity index (χ2n) is 5.78. The molecule has 3 rings (SSSR count). The molecule has 2 aromatic carbocycles. The lowest BCUT2D eigenvalue weighted by atomic mass is 10.1. The van der Waals surface area contributed by atoms with E-state index in [4.69, 9.17) is 33.7 Å². The van der Waals surface area contributed by atoms with Gasteiger partial charge in [0.2, 0.25) is 0 Å². The average Bonchev–Trinajstić information content (AvgIpc) is 2.63. The van der Waals surface area contributed by atoms with E-state index in [-0.39, 0.29) is 5.02 Å². The van der Waals surface area contributed by atoms with E-state index in [0.717, 1.165) is 16.5 Å². The highest BCUT2D eigenvalue weighted by atomic mass is 35.5. The highest BCUT2D eigenvalue weighted by Crippen LogP contribution is 2.35. The highest BCUT2D eigenvalue weighted by Gasteiger charge is 2.18. The minimum Gasteiger partial charge on any atom is -0.486 e. The lowest BCUT2D eigenvalue weighted by Gasteiger charge is -2.18. The zero-order chi connectivity index (χ0) is 18.7. The van der Waals surface area contributed by atoms with Crippen LogP contribution in [0, 0.1) is 5.82 Å². The van der Waals surface area contributed by atoms with Crippen molar-refractivity contribution >= 4 is 40.2 Å². The third-order valence-electron chi connectivity index (χ3n) is 3.92. The predicted octanol–water partition coefficient (Wildman–Crippen LogP) is 5.79. The van der Waals surface area contributed by atoms with E-state index in [1.54, 1.807) is 13.1 Å². The van der Waals surface area contributed by atoms with Crippen LogP contribution in [0.4, 0.5) is 4.39 Å². The SMILES string of the molecule is CC(Oc1ccc2ncc(/C=C/CN)cc2c1)c1c(Cl)ccc(F)c1Cl. The number of rotatable bonds is 5. The number of hydrogen-bond acceptors (Lipinski definition) is 3. The second-order valence-corrected chi connectivity index (χ2v) is 6.56. The Kier molecular flexibility index (Phi) is 5.77. The number of nitrogens with two attached hydrogens (primary N) is 1. The average molecular weight is 391 g/mol. The summed E-state index contributed by atoms with van der Waals surface area (Å²) in [6, 6.07) is 10.2. The normalized spacial score (nSPS) is 12.7. The fourth-order valence-corrected chi connectivity index (χ4v) is 3.35. The third-order valence-corrected chi connectivity index (χ3v) is 4.63. The van der Waals surface area contributed by atoms with E-state index >= 15 is 0 Å². The molecule has 26 heavy (non-hydrogen) atoms. The molecule has 1 heterocycles. The minimum atomic E-state index is -0.527. The van der Waals surface area contributed by atoms with Crippen molar-refractivity contribution in [2.45, 2.75) is 13.0 Å². The largest absolute Gasteiger partial charge is 0.486 e. The standard InChI is InChI=1S/C20H17Cl2FN2O/c1-12(19-16(21)5-6-17(23)20(19)22)26-15-4-7-18-14(10-15)9-13(11-25-18)3-2-8-24/h2-7,9-12H,8,24H2,1H3/b3-2+. The van der Waals surface area contributed by atoms with Crippen molar-refractivity contribution in [1.82, 2.24) is 4.98 Å². The molecular weight excluding hydrogens is 374 g/mol. The van der Waals surface area contributed by atoms with Crippen LogP contribution in [0.2, 0.25) is 10.0 Å². The minimum absolute atomic E-state index is 0.0262. The zero-order valence-corrected chi connectivity index (χ0v) is 15.6. The Morgan fingerprint density at radius 2 is 2.04 bits per heavy atom. The maximum Gasteiger partial charge on any atom is 0.142 e.